The average molecular weight is 533 g/mol. The molecule has 0 saturated carbocycles. The third kappa shape index (κ3) is 7.61. The summed E-state index contributed by atoms with van der Waals surface area (Å²) in [7, 11) is 0. The second-order valence-electron chi connectivity index (χ2n) is 8.25. The Hall–Kier alpha value is -3.77. The summed E-state index contributed by atoms with van der Waals surface area (Å²) < 4.78 is 27.3. The average Bonchev–Trinajstić information content (AvgIpc) is 2.81. The lowest BCUT2D eigenvalue weighted by molar-refractivity contribution is -0.254. The molecule has 0 aliphatic carbocycles. The Balaban J connectivity index is 1.91. The number of esters is 4. The van der Waals surface area contributed by atoms with Crippen LogP contribution in [0.3, 0.4) is 0 Å². The molecule has 0 unspecified atom stereocenters. The number of hydrogen-bond donors (Lipinski definition) is 2. The molecule has 5 atom stereocenters. The molecule has 0 amide bonds. The summed E-state index contributed by atoms with van der Waals surface area (Å²) in [6.07, 6.45) is -6.07. The quantitative estimate of drug-likeness (QED) is 0.307. The van der Waals surface area contributed by atoms with Gasteiger partial charge in [-0.2, -0.15) is 0 Å². The van der Waals surface area contributed by atoms with Crippen LogP contribution in [0.2, 0.25) is 0 Å². The van der Waals surface area contributed by atoms with Crippen LogP contribution in [0.1, 0.15) is 27.7 Å². The van der Waals surface area contributed by atoms with Crippen molar-refractivity contribution in [2.75, 3.05) is 11.9 Å². The largest absolute Gasteiger partial charge is 0.463 e. The highest BCUT2D eigenvalue weighted by molar-refractivity contribution is 7.80. The molecular weight excluding hydrogens is 504 g/mol. The van der Waals surface area contributed by atoms with Gasteiger partial charge in [0.05, 0.1) is 0 Å². The molecule has 3 rings (SSSR count). The van der Waals surface area contributed by atoms with Crippen LogP contribution in [0.4, 0.5) is 5.69 Å². The summed E-state index contributed by atoms with van der Waals surface area (Å²) in [6.45, 7) is 4.34. The van der Waals surface area contributed by atoms with E-state index in [0.717, 1.165) is 24.6 Å². The van der Waals surface area contributed by atoms with Gasteiger partial charge in [0, 0.05) is 38.8 Å². The van der Waals surface area contributed by atoms with E-state index in [1.807, 2.05) is 42.5 Å². The number of nitrogens with one attached hydrogen (secondary N) is 2. The number of carbonyl (C=O) groups is 4. The zero-order valence-corrected chi connectivity index (χ0v) is 21.5. The Morgan fingerprint density at radius 1 is 0.811 bits per heavy atom. The molecule has 1 fully saturated rings. The topological polar surface area (TPSA) is 138 Å². The number of anilines is 1. The summed E-state index contributed by atoms with van der Waals surface area (Å²) in [5.41, 5.74) is 0.709. The van der Waals surface area contributed by atoms with Gasteiger partial charge in [-0.1, -0.05) is 36.4 Å². The molecule has 2 aromatic rings. The summed E-state index contributed by atoms with van der Waals surface area (Å²) in [5.74, 6) is -2.73. The maximum atomic E-state index is 12.0. The minimum absolute atomic E-state index is 0.109. The maximum absolute atomic E-state index is 12.0. The SMILES string of the molecule is CC(=O)OC[C@H]1O[C@@H](NC(=S)Nc2cccc3ccccc23)[C@@H](OC(C)=O)[C@@H](OC(C)=O)[C@H]1OC(C)=O. The third-order valence-corrected chi connectivity index (χ3v) is 5.52. The van der Waals surface area contributed by atoms with Crippen molar-refractivity contribution >= 4 is 57.7 Å². The third-order valence-electron chi connectivity index (χ3n) is 5.30. The maximum Gasteiger partial charge on any atom is 0.303 e. The van der Waals surface area contributed by atoms with Crippen molar-refractivity contribution in [3.8, 4) is 0 Å². The normalized spacial score (nSPS) is 22.9. The molecule has 12 heteroatoms. The minimum Gasteiger partial charge on any atom is -0.463 e. The van der Waals surface area contributed by atoms with Crippen LogP contribution in [-0.4, -0.2) is 66.2 Å². The molecule has 37 heavy (non-hydrogen) atoms. The van der Waals surface area contributed by atoms with Crippen LogP contribution in [0.5, 0.6) is 0 Å². The van der Waals surface area contributed by atoms with Gasteiger partial charge in [-0.3, -0.25) is 19.2 Å². The lowest BCUT2D eigenvalue weighted by atomic mass is 9.97. The second kappa shape index (κ2) is 12.5. The van der Waals surface area contributed by atoms with E-state index < -0.39 is 54.5 Å². The molecule has 1 saturated heterocycles. The predicted molar refractivity (Wildman–Crippen MR) is 135 cm³/mol. The van der Waals surface area contributed by atoms with E-state index in [4.69, 9.17) is 35.9 Å². The molecule has 198 valence electrons. The summed E-state index contributed by atoms with van der Waals surface area (Å²) in [5, 5.41) is 8.03. The van der Waals surface area contributed by atoms with Gasteiger partial charge in [0.15, 0.2) is 29.7 Å². The first-order valence-corrected chi connectivity index (χ1v) is 11.8. The fourth-order valence-electron chi connectivity index (χ4n) is 3.97. The summed E-state index contributed by atoms with van der Waals surface area (Å²) in [6, 6.07) is 13.3. The van der Waals surface area contributed by atoms with Crippen LogP contribution in [0, 0.1) is 0 Å². The van der Waals surface area contributed by atoms with Crippen molar-refractivity contribution in [1.29, 1.82) is 0 Å². The fourth-order valence-corrected chi connectivity index (χ4v) is 4.19. The van der Waals surface area contributed by atoms with Gasteiger partial charge in [0.25, 0.3) is 0 Å². The molecule has 0 spiro atoms. The minimum atomic E-state index is -1.29. The first-order valence-electron chi connectivity index (χ1n) is 11.4. The first-order chi connectivity index (χ1) is 17.5. The number of thiocarbonyl (C=S) groups is 1. The molecule has 1 aliphatic heterocycles. The van der Waals surface area contributed by atoms with Gasteiger partial charge in [-0.15, -0.1) is 0 Å². The number of benzene rings is 2. The van der Waals surface area contributed by atoms with Crippen molar-refractivity contribution in [1.82, 2.24) is 5.32 Å². The number of hydrogen-bond acceptors (Lipinski definition) is 10. The number of ether oxygens (including phenoxy) is 5. The number of rotatable bonds is 7. The van der Waals surface area contributed by atoms with Crippen molar-refractivity contribution in [2.45, 2.75) is 58.3 Å². The van der Waals surface area contributed by atoms with E-state index in [1.165, 1.54) is 13.8 Å². The molecule has 2 N–H and O–H groups in total. The van der Waals surface area contributed by atoms with Crippen molar-refractivity contribution < 1.29 is 42.9 Å². The highest BCUT2D eigenvalue weighted by atomic mass is 32.1. The molecule has 0 bridgehead atoms. The van der Waals surface area contributed by atoms with Gasteiger partial charge in [0.1, 0.15) is 12.7 Å². The second-order valence-corrected chi connectivity index (χ2v) is 8.65. The zero-order chi connectivity index (χ0) is 27.1. The van der Waals surface area contributed by atoms with E-state index in [2.05, 4.69) is 10.6 Å². The summed E-state index contributed by atoms with van der Waals surface area (Å²) in [4.78, 5) is 47.2. The Morgan fingerprint density at radius 3 is 2.05 bits per heavy atom. The zero-order valence-electron chi connectivity index (χ0n) is 20.7. The van der Waals surface area contributed by atoms with Gasteiger partial charge in [0.2, 0.25) is 0 Å². The van der Waals surface area contributed by atoms with Crippen molar-refractivity contribution in [3.63, 3.8) is 0 Å². The molecule has 1 aliphatic rings. The highest BCUT2D eigenvalue weighted by Crippen LogP contribution is 2.29. The highest BCUT2D eigenvalue weighted by Gasteiger charge is 2.52. The Kier molecular flexibility index (Phi) is 9.36. The molecule has 11 nitrogen and oxygen atoms in total. The summed E-state index contributed by atoms with van der Waals surface area (Å²) >= 11 is 5.50. The number of fused-ring (bicyclic) bond motifs is 1. The van der Waals surface area contributed by atoms with E-state index in [-0.39, 0.29) is 11.7 Å². The first kappa shape index (κ1) is 27.8. The van der Waals surface area contributed by atoms with Crippen molar-refractivity contribution in [3.05, 3.63) is 42.5 Å². The Labute approximate surface area is 218 Å². The van der Waals surface area contributed by atoms with Crippen LogP contribution >= 0.6 is 12.2 Å². The van der Waals surface area contributed by atoms with E-state index >= 15 is 0 Å². The molecule has 0 radical (unpaired) electrons. The monoisotopic (exact) mass is 532 g/mol. The molecular formula is C25H28N2O9S. The van der Waals surface area contributed by atoms with Crippen molar-refractivity contribution in [2.24, 2.45) is 0 Å². The Morgan fingerprint density at radius 2 is 1.41 bits per heavy atom. The van der Waals surface area contributed by atoms with E-state index in [9.17, 15) is 19.2 Å². The van der Waals surface area contributed by atoms with Gasteiger partial charge in [-0.05, 0) is 23.7 Å². The van der Waals surface area contributed by atoms with Gasteiger partial charge < -0.3 is 34.3 Å². The fraction of sp³-hybridized carbons (Fsp3) is 0.400. The number of carbonyl (C=O) groups excluding carboxylic acids is 4. The lowest BCUT2D eigenvalue weighted by Gasteiger charge is -2.44. The Bertz CT molecular complexity index is 1180. The lowest BCUT2D eigenvalue weighted by Crippen LogP contribution is -2.66. The van der Waals surface area contributed by atoms with Crippen LogP contribution in [0.15, 0.2) is 42.5 Å². The van der Waals surface area contributed by atoms with E-state index in [0.29, 0.717) is 5.69 Å². The predicted octanol–water partition coefficient (Wildman–Crippen LogP) is 2.21. The molecule has 2 aromatic carbocycles. The van der Waals surface area contributed by atoms with Gasteiger partial charge in [-0.25, -0.2) is 0 Å². The molecule has 1 heterocycles. The van der Waals surface area contributed by atoms with Crippen LogP contribution in [0.25, 0.3) is 10.8 Å². The standard InChI is InChI=1S/C25H28N2O9S/c1-13(28)32-12-20-21(33-14(2)29)22(34-15(3)30)23(35-16(4)31)24(36-20)27-25(37)26-19-11-7-9-17-8-5-6-10-18(17)19/h5-11,20-24H,12H2,1-4H3,(H2,26,27,37)/t20-,21+,22+,23+,24-/m1/s1. The van der Waals surface area contributed by atoms with Crippen LogP contribution in [-0.2, 0) is 42.9 Å². The van der Waals surface area contributed by atoms with E-state index in [1.54, 1.807) is 0 Å². The smallest absolute Gasteiger partial charge is 0.303 e. The van der Waals surface area contributed by atoms with Gasteiger partial charge >= 0.3 is 23.9 Å². The molecule has 0 aromatic heterocycles. The van der Waals surface area contributed by atoms with Crippen LogP contribution < -0.4 is 10.6 Å².